The fourth-order valence-corrected chi connectivity index (χ4v) is 1.28. The molecule has 11 heavy (non-hydrogen) atoms. The molecule has 0 aromatic rings. The van der Waals surface area contributed by atoms with Gasteiger partial charge in [0.25, 0.3) is 0 Å². The molecular formula is C9H14O2. The third-order valence-corrected chi connectivity index (χ3v) is 1.88. The van der Waals surface area contributed by atoms with E-state index < -0.39 is 0 Å². The summed E-state index contributed by atoms with van der Waals surface area (Å²) in [5, 5.41) is 18.5. The van der Waals surface area contributed by atoms with Gasteiger partial charge in [0.1, 0.15) is 5.76 Å². The first-order valence-corrected chi connectivity index (χ1v) is 4.09. The third kappa shape index (κ3) is 2.11. The maximum absolute atomic E-state index is 9.39. The van der Waals surface area contributed by atoms with Crippen molar-refractivity contribution in [1.29, 1.82) is 0 Å². The number of hydrogen-bond donors (Lipinski definition) is 2. The molecule has 1 aliphatic rings. The summed E-state index contributed by atoms with van der Waals surface area (Å²) in [7, 11) is 0. The molecule has 0 aromatic carbocycles. The lowest BCUT2D eigenvalue weighted by atomic mass is 9.97. The molecule has 1 rings (SSSR count). The van der Waals surface area contributed by atoms with Gasteiger partial charge in [-0.2, -0.15) is 0 Å². The highest BCUT2D eigenvalue weighted by Crippen LogP contribution is 2.20. The van der Waals surface area contributed by atoms with Crippen LogP contribution in [0.4, 0.5) is 0 Å². The standard InChI is InChI=1S/C9H14O2/c1-2-3-7-6-8(10)4-5-9(7)11/h9-11H,2-5H2,1H3. The second-order valence-electron chi connectivity index (χ2n) is 2.90. The normalized spacial score (nSPS) is 24.4. The molecule has 62 valence electrons. The molecule has 0 fully saturated rings. The van der Waals surface area contributed by atoms with Crippen molar-refractivity contribution >= 4 is 0 Å². The summed E-state index contributed by atoms with van der Waals surface area (Å²) in [6, 6.07) is 0. The highest BCUT2D eigenvalue weighted by Gasteiger charge is 2.14. The molecule has 1 atom stereocenters. The molecular weight excluding hydrogens is 140 g/mol. The average Bonchev–Trinajstić information content (AvgIpc) is 1.98. The van der Waals surface area contributed by atoms with Crippen LogP contribution in [0.5, 0.6) is 0 Å². The van der Waals surface area contributed by atoms with Gasteiger partial charge in [0.2, 0.25) is 0 Å². The van der Waals surface area contributed by atoms with Gasteiger partial charge in [-0.15, -0.1) is 0 Å². The van der Waals surface area contributed by atoms with E-state index in [1.165, 1.54) is 0 Å². The van der Waals surface area contributed by atoms with Gasteiger partial charge in [-0.3, -0.25) is 0 Å². The Morgan fingerprint density at radius 3 is 3.00 bits per heavy atom. The van der Waals surface area contributed by atoms with Crippen LogP contribution in [0.2, 0.25) is 0 Å². The first-order valence-electron chi connectivity index (χ1n) is 4.09. The molecule has 0 amide bonds. The van der Waals surface area contributed by atoms with Gasteiger partial charge in [-0.1, -0.05) is 19.1 Å². The van der Waals surface area contributed by atoms with Crippen molar-refractivity contribution in [2.45, 2.75) is 38.7 Å². The Balaban J connectivity index is 2.76. The first kappa shape index (κ1) is 8.38. The largest absolute Gasteiger partial charge is 0.505 e. The van der Waals surface area contributed by atoms with Crippen molar-refractivity contribution in [2.24, 2.45) is 0 Å². The number of aliphatic hydroxyl groups is 2. The Labute approximate surface area is 66.9 Å². The maximum atomic E-state index is 9.39. The van der Waals surface area contributed by atoms with Crippen LogP contribution in [-0.2, 0) is 0 Å². The van der Waals surface area contributed by atoms with Crippen molar-refractivity contribution in [3.63, 3.8) is 0 Å². The summed E-state index contributed by atoms with van der Waals surface area (Å²) < 4.78 is 0. The molecule has 2 nitrogen and oxygen atoms in total. The lowest BCUT2D eigenvalue weighted by molar-refractivity contribution is 0.184. The van der Waals surface area contributed by atoms with Gasteiger partial charge >= 0.3 is 0 Å². The lowest BCUT2D eigenvalue weighted by Gasteiger charge is -2.15. The number of rotatable bonds is 2. The van der Waals surface area contributed by atoms with Gasteiger partial charge < -0.3 is 10.2 Å². The van der Waals surface area contributed by atoms with E-state index in [0.29, 0.717) is 18.6 Å². The van der Waals surface area contributed by atoms with Crippen LogP contribution in [0.3, 0.4) is 0 Å². The van der Waals surface area contributed by atoms with Crippen LogP contribution in [0, 0.1) is 0 Å². The molecule has 1 aliphatic carbocycles. The van der Waals surface area contributed by atoms with E-state index in [-0.39, 0.29) is 6.10 Å². The van der Waals surface area contributed by atoms with Crippen molar-refractivity contribution in [2.75, 3.05) is 0 Å². The maximum Gasteiger partial charge on any atom is 0.135 e. The Morgan fingerprint density at radius 1 is 1.64 bits per heavy atom. The molecule has 1 unspecified atom stereocenters. The molecule has 0 saturated carbocycles. The quantitative estimate of drug-likeness (QED) is 0.596. The second-order valence-corrected chi connectivity index (χ2v) is 2.90. The topological polar surface area (TPSA) is 40.5 Å². The summed E-state index contributed by atoms with van der Waals surface area (Å²) in [6.45, 7) is 2.05. The molecule has 2 heteroatoms. The highest BCUT2D eigenvalue weighted by atomic mass is 16.3. The van der Waals surface area contributed by atoms with E-state index in [2.05, 4.69) is 5.73 Å². The fraction of sp³-hybridized carbons (Fsp3) is 0.667. The molecule has 0 heterocycles. The molecule has 2 N–H and O–H groups in total. The van der Waals surface area contributed by atoms with E-state index >= 15 is 0 Å². The van der Waals surface area contributed by atoms with Crippen LogP contribution in [0.15, 0.2) is 17.1 Å². The zero-order valence-electron chi connectivity index (χ0n) is 6.80. The number of hydrogen-bond acceptors (Lipinski definition) is 2. The van der Waals surface area contributed by atoms with Crippen molar-refractivity contribution < 1.29 is 10.2 Å². The predicted molar refractivity (Wildman–Crippen MR) is 43.3 cm³/mol. The minimum Gasteiger partial charge on any atom is -0.505 e. The molecule has 0 bridgehead atoms. The summed E-state index contributed by atoms with van der Waals surface area (Å²) in [4.78, 5) is 0. The monoisotopic (exact) mass is 154 g/mol. The summed E-state index contributed by atoms with van der Waals surface area (Å²) in [6.07, 6.45) is 2.67. The van der Waals surface area contributed by atoms with Gasteiger partial charge in [0.05, 0.1) is 6.10 Å². The number of aliphatic hydroxyl groups excluding tert-OH is 2. The van der Waals surface area contributed by atoms with E-state index in [0.717, 1.165) is 18.4 Å². The molecule has 0 aliphatic heterocycles. The minimum absolute atomic E-state index is 0.291. The van der Waals surface area contributed by atoms with E-state index in [1.54, 1.807) is 0 Å². The van der Waals surface area contributed by atoms with Crippen LogP contribution in [0.1, 0.15) is 32.6 Å². The Hall–Kier alpha value is -0.720. The van der Waals surface area contributed by atoms with E-state index in [1.807, 2.05) is 6.92 Å². The predicted octanol–water partition coefficient (Wildman–Crippen LogP) is 1.91. The van der Waals surface area contributed by atoms with Crippen LogP contribution < -0.4 is 0 Å². The van der Waals surface area contributed by atoms with Gasteiger partial charge in [-0.25, -0.2) is 0 Å². The van der Waals surface area contributed by atoms with Crippen LogP contribution in [-0.4, -0.2) is 16.3 Å². The Morgan fingerprint density at radius 2 is 2.36 bits per heavy atom. The van der Waals surface area contributed by atoms with Gasteiger partial charge in [0, 0.05) is 12.0 Å². The Bertz CT molecular complexity index is 200. The summed E-state index contributed by atoms with van der Waals surface area (Å²) in [5.41, 5.74) is 3.66. The molecule has 0 saturated heterocycles. The van der Waals surface area contributed by atoms with Crippen LogP contribution in [0.25, 0.3) is 0 Å². The lowest BCUT2D eigenvalue weighted by Crippen LogP contribution is -2.13. The molecule has 0 spiro atoms. The summed E-state index contributed by atoms with van der Waals surface area (Å²) in [5.74, 6) is 0.291. The molecule has 0 aromatic heterocycles. The van der Waals surface area contributed by atoms with Crippen molar-refractivity contribution in [1.82, 2.24) is 0 Å². The second kappa shape index (κ2) is 3.61. The molecule has 0 radical (unpaired) electrons. The van der Waals surface area contributed by atoms with Crippen molar-refractivity contribution in [3.05, 3.63) is 17.1 Å². The zero-order chi connectivity index (χ0) is 8.27. The SMILES string of the molecule is CCCC1=C=C(O)CCC1O. The average molecular weight is 154 g/mol. The minimum atomic E-state index is -0.370. The van der Waals surface area contributed by atoms with E-state index in [9.17, 15) is 5.11 Å². The highest BCUT2D eigenvalue weighted by molar-refractivity contribution is 5.14. The third-order valence-electron chi connectivity index (χ3n) is 1.88. The van der Waals surface area contributed by atoms with Gasteiger partial charge in [0.15, 0.2) is 0 Å². The first-order chi connectivity index (χ1) is 5.24. The van der Waals surface area contributed by atoms with Crippen LogP contribution >= 0.6 is 0 Å². The smallest absolute Gasteiger partial charge is 0.135 e. The van der Waals surface area contributed by atoms with E-state index in [4.69, 9.17) is 5.11 Å². The zero-order valence-corrected chi connectivity index (χ0v) is 6.80. The fourth-order valence-electron chi connectivity index (χ4n) is 1.28. The van der Waals surface area contributed by atoms with Gasteiger partial charge in [-0.05, 0) is 12.8 Å². The van der Waals surface area contributed by atoms with Crippen molar-refractivity contribution in [3.8, 4) is 0 Å². The Kier molecular flexibility index (Phi) is 2.75. The summed E-state index contributed by atoms with van der Waals surface area (Å²) >= 11 is 0.